The number of benzene rings is 1. The molecule has 1 aromatic carbocycles. The van der Waals surface area contributed by atoms with Crippen molar-refractivity contribution in [1.29, 1.82) is 0 Å². The molecular formula is C18H27N2O6PS2. The van der Waals surface area contributed by atoms with Crippen LogP contribution < -0.4 is 10.1 Å². The van der Waals surface area contributed by atoms with Gasteiger partial charge in [0.1, 0.15) is 11.4 Å². The molecule has 162 valence electrons. The maximum Gasteiger partial charge on any atom is 0.408 e. The van der Waals surface area contributed by atoms with Crippen molar-refractivity contribution in [1.82, 2.24) is 9.39 Å². The lowest BCUT2D eigenvalue weighted by Crippen LogP contribution is -2.42. The molecule has 11 heteroatoms. The Morgan fingerprint density at radius 2 is 1.97 bits per heavy atom. The van der Waals surface area contributed by atoms with Gasteiger partial charge in [0.2, 0.25) is 5.37 Å². The van der Waals surface area contributed by atoms with E-state index in [2.05, 4.69) is 5.32 Å². The highest BCUT2D eigenvalue weighted by atomic mass is 32.5. The van der Waals surface area contributed by atoms with Gasteiger partial charge in [-0.1, -0.05) is 26.0 Å². The van der Waals surface area contributed by atoms with E-state index in [1.807, 2.05) is 33.8 Å². The molecule has 1 fully saturated rings. The van der Waals surface area contributed by atoms with Gasteiger partial charge in [-0.2, -0.15) is 0 Å². The Kier molecular flexibility index (Phi) is 6.29. The second-order valence-corrected chi connectivity index (χ2v) is 13.9. The molecule has 0 aliphatic carbocycles. The summed E-state index contributed by atoms with van der Waals surface area (Å²) in [6.07, 6.45) is -0.618. The zero-order valence-electron chi connectivity index (χ0n) is 17.1. The number of fused-ring (bicyclic) bond motifs is 1. The third-order valence-corrected chi connectivity index (χ3v) is 10.4. The molecule has 0 spiro atoms. The van der Waals surface area contributed by atoms with Crippen LogP contribution in [0.15, 0.2) is 18.2 Å². The number of para-hydroxylation sites is 1. The third-order valence-electron chi connectivity index (χ3n) is 4.70. The first kappa shape index (κ1) is 22.8. The molecule has 0 aromatic heterocycles. The van der Waals surface area contributed by atoms with Crippen molar-refractivity contribution in [3.8, 4) is 5.75 Å². The highest BCUT2D eigenvalue weighted by Crippen LogP contribution is 2.58. The van der Waals surface area contributed by atoms with Crippen LogP contribution in [0, 0.1) is 5.41 Å². The molecule has 1 aromatic rings. The topological polar surface area (TPSA) is 103 Å². The molecule has 2 aliphatic heterocycles. The fourth-order valence-electron chi connectivity index (χ4n) is 3.20. The minimum Gasteiger partial charge on any atom is -0.596 e. The van der Waals surface area contributed by atoms with Gasteiger partial charge in [-0.25, -0.2) is 4.79 Å². The monoisotopic (exact) mass is 462 g/mol. The Bertz CT molecular complexity index is 836. The molecule has 1 amide bonds. The number of nitrogens with zero attached hydrogens (tertiary/aromatic N) is 1. The molecule has 3 rings (SSSR count). The van der Waals surface area contributed by atoms with E-state index in [1.165, 1.54) is 4.08 Å². The van der Waals surface area contributed by atoms with Crippen molar-refractivity contribution >= 4 is 35.9 Å². The zero-order valence-corrected chi connectivity index (χ0v) is 19.7. The van der Waals surface area contributed by atoms with Crippen molar-refractivity contribution in [2.45, 2.75) is 45.1 Å². The second-order valence-electron chi connectivity index (χ2n) is 8.62. The van der Waals surface area contributed by atoms with Crippen LogP contribution in [-0.4, -0.2) is 45.7 Å². The number of ether oxygens (including phenoxy) is 1. The predicted molar refractivity (Wildman–Crippen MR) is 115 cm³/mol. The molecule has 0 bridgehead atoms. The van der Waals surface area contributed by atoms with E-state index in [9.17, 15) is 14.5 Å². The molecular weight excluding hydrogens is 435 g/mol. The Labute approximate surface area is 179 Å². The highest BCUT2D eigenvalue weighted by Gasteiger charge is 2.46. The maximum atomic E-state index is 13.5. The van der Waals surface area contributed by atoms with Gasteiger partial charge < -0.3 is 23.4 Å². The first-order valence-electron chi connectivity index (χ1n) is 9.18. The molecule has 1 saturated heterocycles. The number of amides is 1. The minimum absolute atomic E-state index is 0.191. The van der Waals surface area contributed by atoms with E-state index in [0.717, 1.165) is 5.56 Å². The summed E-state index contributed by atoms with van der Waals surface area (Å²) in [5.74, 6) is 0.557. The average Bonchev–Trinajstić information content (AvgIpc) is 2.95. The van der Waals surface area contributed by atoms with Gasteiger partial charge in [0.25, 0.3) is 0 Å². The Balaban J connectivity index is 1.92. The summed E-state index contributed by atoms with van der Waals surface area (Å²) in [7, 11) is 1.54. The van der Waals surface area contributed by atoms with E-state index >= 15 is 0 Å². The SMILES string of the molecule is CN([S+]([O-])C(NC(=O)O)c1cccc2c1OC(C)(C)C2)P1(=S)OCC(C)(C)CO1. The fourth-order valence-corrected chi connectivity index (χ4v) is 7.80. The zero-order chi connectivity index (χ0) is 21.6. The largest absolute Gasteiger partial charge is 0.596 e. The molecule has 2 aliphatic rings. The quantitative estimate of drug-likeness (QED) is 0.506. The van der Waals surface area contributed by atoms with Crippen LogP contribution in [0.3, 0.4) is 0 Å². The van der Waals surface area contributed by atoms with Crippen molar-refractivity contribution in [3.63, 3.8) is 0 Å². The maximum absolute atomic E-state index is 13.5. The van der Waals surface area contributed by atoms with Gasteiger partial charge in [0, 0.05) is 18.9 Å². The van der Waals surface area contributed by atoms with Crippen LogP contribution in [0.2, 0.25) is 0 Å². The molecule has 2 N–H and O–H groups in total. The lowest BCUT2D eigenvalue weighted by molar-refractivity contribution is 0.0512. The summed E-state index contributed by atoms with van der Waals surface area (Å²) in [6, 6.07) is 5.45. The summed E-state index contributed by atoms with van der Waals surface area (Å²) in [6.45, 7) is 5.63. The number of carbonyl (C=O) groups is 1. The number of rotatable bonds is 5. The van der Waals surface area contributed by atoms with Crippen LogP contribution >= 0.6 is 6.64 Å². The van der Waals surface area contributed by atoms with Crippen molar-refractivity contribution in [2.24, 2.45) is 5.41 Å². The van der Waals surface area contributed by atoms with Gasteiger partial charge in [-0.05, 0) is 41.4 Å². The van der Waals surface area contributed by atoms with Crippen LogP contribution in [0.1, 0.15) is 44.2 Å². The van der Waals surface area contributed by atoms with Crippen molar-refractivity contribution in [3.05, 3.63) is 29.3 Å². The van der Waals surface area contributed by atoms with E-state index in [0.29, 0.717) is 30.9 Å². The van der Waals surface area contributed by atoms with Crippen molar-refractivity contribution in [2.75, 3.05) is 20.3 Å². The molecule has 2 atom stereocenters. The average molecular weight is 463 g/mol. The summed E-state index contributed by atoms with van der Waals surface area (Å²) in [5.41, 5.74) is 0.828. The molecule has 0 saturated carbocycles. The Morgan fingerprint density at radius 1 is 1.34 bits per heavy atom. The first-order chi connectivity index (χ1) is 13.3. The van der Waals surface area contributed by atoms with E-state index in [1.54, 1.807) is 19.2 Å². The molecule has 8 nitrogen and oxygen atoms in total. The molecule has 0 radical (unpaired) electrons. The number of hydrogen-bond acceptors (Lipinski definition) is 6. The van der Waals surface area contributed by atoms with Gasteiger partial charge in [0.05, 0.1) is 30.1 Å². The number of nitrogens with one attached hydrogen (secondary N) is 1. The summed E-state index contributed by atoms with van der Waals surface area (Å²) < 4.78 is 32.5. The number of carboxylic acid groups (broad SMARTS) is 1. The van der Waals surface area contributed by atoms with Crippen LogP contribution in [-0.2, 0) is 38.6 Å². The molecule has 2 unspecified atom stereocenters. The standard InChI is InChI=1S/C18H27N2O6PS2/c1-17(2)10-24-27(28,25-11-17)20(5)29(23)15(19-16(21)22)13-8-6-7-12-9-18(3,4)26-14(12)13/h6-8,15,19H,9-11H2,1-5H3,(H,21,22). The summed E-state index contributed by atoms with van der Waals surface area (Å²) in [5, 5.41) is 10.7. The lowest BCUT2D eigenvalue weighted by atomic mass is 9.97. The predicted octanol–water partition coefficient (Wildman–Crippen LogP) is 3.56. The first-order valence-corrected chi connectivity index (χ1v) is 12.9. The van der Waals surface area contributed by atoms with Crippen LogP contribution in [0.5, 0.6) is 5.75 Å². The highest BCUT2D eigenvalue weighted by molar-refractivity contribution is 8.13. The van der Waals surface area contributed by atoms with Gasteiger partial charge in [0.15, 0.2) is 0 Å². The Hall–Kier alpha value is -0.870. The van der Waals surface area contributed by atoms with Crippen LogP contribution in [0.4, 0.5) is 4.79 Å². The van der Waals surface area contributed by atoms with Crippen molar-refractivity contribution < 1.29 is 28.2 Å². The molecule has 2 heterocycles. The van der Waals surface area contributed by atoms with Crippen LogP contribution in [0.25, 0.3) is 0 Å². The van der Waals surface area contributed by atoms with Gasteiger partial charge >= 0.3 is 12.7 Å². The van der Waals surface area contributed by atoms with E-state index in [4.69, 9.17) is 25.6 Å². The van der Waals surface area contributed by atoms with E-state index < -0.39 is 35.1 Å². The van der Waals surface area contributed by atoms with E-state index in [-0.39, 0.29) is 5.41 Å². The summed E-state index contributed by atoms with van der Waals surface area (Å²) >= 11 is 3.67. The third kappa shape index (κ3) is 4.90. The smallest absolute Gasteiger partial charge is 0.408 e. The van der Waals surface area contributed by atoms with Gasteiger partial charge in [-0.15, -0.1) is 0 Å². The van der Waals surface area contributed by atoms with Gasteiger partial charge in [-0.3, -0.25) is 5.32 Å². The Morgan fingerprint density at radius 3 is 2.55 bits per heavy atom. The fraction of sp³-hybridized carbons (Fsp3) is 0.611. The lowest BCUT2D eigenvalue weighted by Gasteiger charge is -2.40. The summed E-state index contributed by atoms with van der Waals surface area (Å²) in [4.78, 5) is 11.5. The normalized spacial score (nSPS) is 23.7. The second kappa shape index (κ2) is 8.00. The minimum atomic E-state index is -3.01. The number of hydrogen-bond donors (Lipinski definition) is 2. The molecule has 29 heavy (non-hydrogen) atoms.